The molecule has 0 spiro atoms. The number of anilines is 1. The van der Waals surface area contributed by atoms with E-state index in [9.17, 15) is 9.59 Å². The smallest absolute Gasteiger partial charge is 0.337 e. The number of methoxy groups -OCH3 is 1. The molecule has 7 heteroatoms. The van der Waals surface area contributed by atoms with Crippen molar-refractivity contribution < 1.29 is 19.1 Å². The second-order valence-corrected chi connectivity index (χ2v) is 7.46. The van der Waals surface area contributed by atoms with Gasteiger partial charge in [0, 0.05) is 16.5 Å². The summed E-state index contributed by atoms with van der Waals surface area (Å²) >= 11 is 3.45. The Morgan fingerprint density at radius 1 is 1.35 bits per heavy atom. The first-order valence-corrected chi connectivity index (χ1v) is 8.98. The highest BCUT2D eigenvalue weighted by Gasteiger charge is 2.50. The predicted molar refractivity (Wildman–Crippen MR) is 99.3 cm³/mol. The number of nitrogens with one attached hydrogen (secondary N) is 1. The number of amides is 2. The van der Waals surface area contributed by atoms with Crippen molar-refractivity contribution in [3.63, 3.8) is 0 Å². The lowest BCUT2D eigenvalue weighted by molar-refractivity contribution is 0.0377. The molecular weight excluding hydrogens is 400 g/mol. The van der Waals surface area contributed by atoms with Crippen LogP contribution >= 0.6 is 15.9 Å². The summed E-state index contributed by atoms with van der Waals surface area (Å²) in [6.07, 6.45) is 0.558. The Hall–Kier alpha value is -2.54. The highest BCUT2D eigenvalue weighted by molar-refractivity contribution is 9.10. The molecular formula is C19H17BrN2O4. The largest absolute Gasteiger partial charge is 0.467 e. The number of urea groups is 1. The topological polar surface area (TPSA) is 67.9 Å². The molecule has 6 nitrogen and oxygen atoms in total. The van der Waals surface area contributed by atoms with E-state index in [1.54, 1.807) is 23.1 Å². The fraction of sp³-hybridized carbons (Fsp3) is 0.263. The van der Waals surface area contributed by atoms with Crippen LogP contribution in [0.4, 0.5) is 10.5 Å². The van der Waals surface area contributed by atoms with Crippen molar-refractivity contribution in [3.8, 4) is 5.75 Å². The molecule has 2 aromatic rings. The number of hydrogen-bond acceptors (Lipinski definition) is 4. The minimum absolute atomic E-state index is 0.232. The summed E-state index contributed by atoms with van der Waals surface area (Å²) < 4.78 is 11.9. The number of halogens is 1. The van der Waals surface area contributed by atoms with Gasteiger partial charge < -0.3 is 14.8 Å². The van der Waals surface area contributed by atoms with Crippen molar-refractivity contribution in [1.29, 1.82) is 0 Å². The van der Waals surface area contributed by atoms with E-state index in [0.29, 0.717) is 17.7 Å². The van der Waals surface area contributed by atoms with Gasteiger partial charge in [0.05, 0.1) is 24.4 Å². The molecule has 2 aromatic carbocycles. The number of rotatable bonds is 2. The van der Waals surface area contributed by atoms with Crippen LogP contribution in [-0.4, -0.2) is 24.8 Å². The van der Waals surface area contributed by atoms with Crippen LogP contribution in [0.5, 0.6) is 5.75 Å². The molecule has 2 bridgehead atoms. The van der Waals surface area contributed by atoms with Crippen LogP contribution < -0.4 is 15.0 Å². The van der Waals surface area contributed by atoms with E-state index in [0.717, 1.165) is 15.7 Å². The molecule has 1 saturated heterocycles. The fourth-order valence-corrected chi connectivity index (χ4v) is 4.01. The molecule has 0 radical (unpaired) electrons. The van der Waals surface area contributed by atoms with Crippen LogP contribution in [0.15, 0.2) is 46.9 Å². The number of hydrogen-bond donors (Lipinski definition) is 1. The molecule has 2 aliphatic rings. The van der Waals surface area contributed by atoms with Crippen molar-refractivity contribution >= 4 is 33.6 Å². The van der Waals surface area contributed by atoms with E-state index in [1.165, 1.54) is 7.11 Å². The molecule has 134 valence electrons. The maximum absolute atomic E-state index is 12.8. The Morgan fingerprint density at radius 2 is 2.15 bits per heavy atom. The van der Waals surface area contributed by atoms with Crippen molar-refractivity contribution in [2.45, 2.75) is 25.1 Å². The summed E-state index contributed by atoms with van der Waals surface area (Å²) in [6, 6.07) is 12.2. The zero-order valence-electron chi connectivity index (χ0n) is 14.3. The maximum Gasteiger partial charge on any atom is 0.337 e. The van der Waals surface area contributed by atoms with Gasteiger partial charge in [-0.15, -0.1) is 0 Å². The number of fused-ring (bicyclic) bond motifs is 4. The van der Waals surface area contributed by atoms with E-state index in [2.05, 4.69) is 21.2 Å². The second kappa shape index (κ2) is 6.02. The molecule has 0 aromatic heterocycles. The molecule has 2 amide bonds. The Labute approximate surface area is 159 Å². The molecule has 1 fully saturated rings. The Bertz CT molecular complexity index is 916. The number of benzene rings is 2. The number of esters is 1. The number of nitrogens with zero attached hydrogens (tertiary/aromatic N) is 1. The predicted octanol–water partition coefficient (Wildman–Crippen LogP) is 4.01. The van der Waals surface area contributed by atoms with Gasteiger partial charge in [-0.2, -0.15) is 0 Å². The van der Waals surface area contributed by atoms with Crippen LogP contribution in [0.2, 0.25) is 0 Å². The van der Waals surface area contributed by atoms with Crippen molar-refractivity contribution in [2.24, 2.45) is 0 Å². The summed E-state index contributed by atoms with van der Waals surface area (Å²) in [6.45, 7) is 1.90. The van der Waals surface area contributed by atoms with Crippen molar-refractivity contribution in [1.82, 2.24) is 5.32 Å². The highest BCUT2D eigenvalue weighted by atomic mass is 79.9. The summed E-state index contributed by atoms with van der Waals surface area (Å²) in [7, 11) is 1.34. The summed E-state index contributed by atoms with van der Waals surface area (Å²) in [5.74, 6) is 0.232. The summed E-state index contributed by atoms with van der Waals surface area (Å²) in [4.78, 5) is 26.3. The Kier molecular flexibility index (Phi) is 3.91. The van der Waals surface area contributed by atoms with E-state index < -0.39 is 11.7 Å². The van der Waals surface area contributed by atoms with E-state index in [1.807, 2.05) is 31.2 Å². The average Bonchev–Trinajstić information content (AvgIpc) is 2.60. The SMILES string of the molecule is COC(=O)c1ccc2c(c1)C1CC(C)(O2)N(c2cccc(Br)c2)C(=O)N1. The quantitative estimate of drug-likeness (QED) is 0.751. The lowest BCUT2D eigenvalue weighted by Gasteiger charge is -2.50. The number of carbonyl (C=O) groups excluding carboxylic acids is 2. The Balaban J connectivity index is 1.76. The van der Waals surface area contributed by atoms with Crippen molar-refractivity contribution in [2.75, 3.05) is 12.0 Å². The van der Waals surface area contributed by atoms with E-state index in [-0.39, 0.29) is 12.1 Å². The number of carbonyl (C=O) groups is 2. The van der Waals surface area contributed by atoms with Crippen LogP contribution in [0.1, 0.15) is 35.3 Å². The van der Waals surface area contributed by atoms with Gasteiger partial charge in [-0.25, -0.2) is 9.59 Å². The normalized spacial score (nSPS) is 23.6. The second-order valence-electron chi connectivity index (χ2n) is 6.54. The minimum Gasteiger partial charge on any atom is -0.467 e. The van der Waals surface area contributed by atoms with Crippen LogP contribution in [-0.2, 0) is 4.74 Å². The lowest BCUT2D eigenvalue weighted by atomic mass is 9.89. The monoisotopic (exact) mass is 416 g/mol. The van der Waals surface area contributed by atoms with Gasteiger partial charge >= 0.3 is 12.0 Å². The van der Waals surface area contributed by atoms with Gasteiger partial charge in [0.1, 0.15) is 5.75 Å². The Morgan fingerprint density at radius 3 is 2.88 bits per heavy atom. The molecule has 2 atom stereocenters. The summed E-state index contributed by atoms with van der Waals surface area (Å²) in [5.41, 5.74) is 1.13. The molecule has 2 unspecified atom stereocenters. The van der Waals surface area contributed by atoms with Gasteiger partial charge in [-0.05, 0) is 43.3 Å². The molecule has 26 heavy (non-hydrogen) atoms. The van der Waals surface area contributed by atoms with Crippen molar-refractivity contribution in [3.05, 3.63) is 58.1 Å². The van der Waals surface area contributed by atoms with E-state index in [4.69, 9.17) is 9.47 Å². The third-order valence-electron chi connectivity index (χ3n) is 4.76. The van der Waals surface area contributed by atoms with Crippen LogP contribution in [0, 0.1) is 0 Å². The van der Waals surface area contributed by atoms with Gasteiger partial charge in [0.25, 0.3) is 0 Å². The van der Waals surface area contributed by atoms with Gasteiger partial charge in [0.2, 0.25) is 0 Å². The number of ether oxygens (including phenoxy) is 2. The summed E-state index contributed by atoms with van der Waals surface area (Å²) in [5, 5.41) is 3.02. The minimum atomic E-state index is -0.826. The standard InChI is InChI=1S/C19H17BrN2O4/c1-19-10-15(14-8-11(17(23)25-2)6-7-16(14)26-19)21-18(24)22(19)13-5-3-4-12(20)9-13/h3-9,15H,10H2,1-2H3,(H,21,24). The van der Waals surface area contributed by atoms with Gasteiger partial charge in [0.15, 0.2) is 5.72 Å². The lowest BCUT2D eigenvalue weighted by Crippen LogP contribution is -2.65. The third kappa shape index (κ3) is 2.63. The molecule has 0 aliphatic carbocycles. The fourth-order valence-electron chi connectivity index (χ4n) is 3.63. The maximum atomic E-state index is 12.8. The zero-order valence-corrected chi connectivity index (χ0v) is 15.9. The zero-order chi connectivity index (χ0) is 18.5. The van der Waals surface area contributed by atoms with Gasteiger partial charge in [-0.1, -0.05) is 22.0 Å². The molecule has 2 heterocycles. The first-order valence-electron chi connectivity index (χ1n) is 8.19. The molecule has 0 saturated carbocycles. The molecule has 1 N–H and O–H groups in total. The average molecular weight is 417 g/mol. The first-order chi connectivity index (χ1) is 12.4. The molecule has 4 rings (SSSR count). The highest BCUT2D eigenvalue weighted by Crippen LogP contribution is 2.46. The van der Waals surface area contributed by atoms with Gasteiger partial charge in [-0.3, -0.25) is 4.90 Å². The first kappa shape index (κ1) is 16.9. The molecule has 2 aliphatic heterocycles. The van der Waals surface area contributed by atoms with E-state index >= 15 is 0 Å². The third-order valence-corrected chi connectivity index (χ3v) is 5.25. The van der Waals surface area contributed by atoms with Crippen LogP contribution in [0.3, 0.4) is 0 Å². The van der Waals surface area contributed by atoms with Crippen LogP contribution in [0.25, 0.3) is 0 Å².